The van der Waals surface area contributed by atoms with E-state index in [9.17, 15) is 22.0 Å². The van der Waals surface area contributed by atoms with Gasteiger partial charge in [-0.1, -0.05) is 0 Å². The van der Waals surface area contributed by atoms with Crippen molar-refractivity contribution in [3.63, 3.8) is 0 Å². The summed E-state index contributed by atoms with van der Waals surface area (Å²) >= 11 is 0.533. The number of aliphatic hydroxyl groups is 1. The first-order chi connectivity index (χ1) is 8.25. The zero-order chi connectivity index (χ0) is 13.9. The van der Waals surface area contributed by atoms with E-state index in [4.69, 9.17) is 10.2 Å². The van der Waals surface area contributed by atoms with Gasteiger partial charge in [0.1, 0.15) is 6.10 Å². The summed E-state index contributed by atoms with van der Waals surface area (Å²) in [5.41, 5.74) is 0.306. The Labute approximate surface area is 104 Å². The van der Waals surface area contributed by atoms with Gasteiger partial charge in [0, 0.05) is 6.54 Å². The Morgan fingerprint density at radius 1 is 1.56 bits per heavy atom. The van der Waals surface area contributed by atoms with Gasteiger partial charge in [0.05, 0.1) is 5.51 Å². The van der Waals surface area contributed by atoms with Gasteiger partial charge < -0.3 is 10.2 Å². The third kappa shape index (κ3) is 3.41. The third-order valence-corrected chi connectivity index (χ3v) is 4.55. The van der Waals surface area contributed by atoms with E-state index < -0.39 is 45.0 Å². The molecule has 18 heavy (non-hydrogen) atoms. The molecule has 0 saturated heterocycles. The molecule has 0 bridgehead atoms. The molecule has 0 aliphatic rings. The molecule has 0 spiro atoms. The molecular weight excluding hydrogens is 294 g/mol. The van der Waals surface area contributed by atoms with Gasteiger partial charge in [-0.05, 0) is 0 Å². The first-order valence-corrected chi connectivity index (χ1v) is 6.74. The predicted molar refractivity (Wildman–Crippen MR) is 56.3 cm³/mol. The summed E-state index contributed by atoms with van der Waals surface area (Å²) < 4.78 is 48.2. The maximum Gasteiger partial charge on any atom is 0.356 e. The molecule has 0 fully saturated rings. The molecule has 0 radical (unpaired) electrons. The number of nitrogens with zero attached hydrogens (tertiary/aromatic N) is 1. The summed E-state index contributed by atoms with van der Waals surface area (Å²) in [6.07, 6.45) is -5.27. The summed E-state index contributed by atoms with van der Waals surface area (Å²) in [4.78, 5) is 14.0. The molecule has 11 heteroatoms. The molecule has 1 atom stereocenters. The zero-order valence-electron chi connectivity index (χ0n) is 8.58. The predicted octanol–water partition coefficient (Wildman–Crippen LogP) is -0.254. The van der Waals surface area contributed by atoms with Crippen LogP contribution in [0.4, 0.5) is 8.78 Å². The second-order valence-electron chi connectivity index (χ2n) is 3.05. The van der Waals surface area contributed by atoms with E-state index in [-0.39, 0.29) is 0 Å². The first kappa shape index (κ1) is 14.9. The minimum Gasteiger partial charge on any atom is -0.476 e. The largest absolute Gasteiger partial charge is 0.476 e. The van der Waals surface area contributed by atoms with Gasteiger partial charge in [0.15, 0.2) is 9.90 Å². The van der Waals surface area contributed by atoms with Crippen molar-refractivity contribution in [1.82, 2.24) is 9.71 Å². The van der Waals surface area contributed by atoms with Gasteiger partial charge in [-0.25, -0.2) is 31.7 Å². The highest BCUT2D eigenvalue weighted by Gasteiger charge is 2.27. The van der Waals surface area contributed by atoms with Crippen molar-refractivity contribution in [2.75, 3.05) is 6.54 Å². The van der Waals surface area contributed by atoms with Crippen LogP contribution in [0.15, 0.2) is 9.72 Å². The Hall–Kier alpha value is -1.17. The summed E-state index contributed by atoms with van der Waals surface area (Å²) in [6.45, 7) is -0.920. The molecule has 1 rings (SSSR count). The van der Waals surface area contributed by atoms with E-state index >= 15 is 0 Å². The lowest BCUT2D eigenvalue weighted by atomic mass is 10.4. The summed E-state index contributed by atoms with van der Waals surface area (Å²) in [7, 11) is -4.29. The number of hydrogen-bond acceptors (Lipinski definition) is 6. The van der Waals surface area contributed by atoms with Crippen LogP contribution < -0.4 is 4.72 Å². The fourth-order valence-electron chi connectivity index (χ4n) is 0.918. The molecule has 0 amide bonds. The van der Waals surface area contributed by atoms with Crippen LogP contribution in [0.5, 0.6) is 0 Å². The van der Waals surface area contributed by atoms with Crippen LogP contribution in [-0.4, -0.2) is 48.7 Å². The normalized spacial score (nSPS) is 13.8. The monoisotopic (exact) mass is 302 g/mol. The van der Waals surface area contributed by atoms with Crippen LogP contribution in [0.1, 0.15) is 10.5 Å². The van der Waals surface area contributed by atoms with Gasteiger partial charge in [-0.2, -0.15) is 0 Å². The van der Waals surface area contributed by atoms with Crippen molar-refractivity contribution in [3.05, 3.63) is 11.2 Å². The van der Waals surface area contributed by atoms with E-state index in [0.717, 1.165) is 5.51 Å². The van der Waals surface area contributed by atoms with E-state index in [0.29, 0.717) is 11.3 Å². The van der Waals surface area contributed by atoms with Crippen LogP contribution in [0.3, 0.4) is 0 Å². The minimum absolute atomic E-state index is 0.533. The summed E-state index contributed by atoms with van der Waals surface area (Å²) in [5.74, 6) is -1.55. The molecule has 1 heterocycles. The van der Waals surface area contributed by atoms with Crippen molar-refractivity contribution in [1.29, 1.82) is 0 Å². The molecule has 1 aromatic rings. The lowest BCUT2D eigenvalue weighted by Gasteiger charge is -2.10. The molecule has 0 aromatic carbocycles. The van der Waals surface area contributed by atoms with Crippen LogP contribution in [0, 0.1) is 0 Å². The van der Waals surface area contributed by atoms with Crippen molar-refractivity contribution >= 4 is 27.3 Å². The Morgan fingerprint density at radius 2 is 2.17 bits per heavy atom. The average Bonchev–Trinajstić information content (AvgIpc) is 2.75. The molecule has 3 N–H and O–H groups in total. The highest BCUT2D eigenvalue weighted by molar-refractivity contribution is 7.91. The van der Waals surface area contributed by atoms with Gasteiger partial charge in [-0.3, -0.25) is 0 Å². The van der Waals surface area contributed by atoms with Crippen molar-refractivity contribution < 1.29 is 32.2 Å². The smallest absolute Gasteiger partial charge is 0.356 e. The Kier molecular flexibility index (Phi) is 4.67. The highest BCUT2D eigenvalue weighted by atomic mass is 32.2. The van der Waals surface area contributed by atoms with E-state index in [1.54, 1.807) is 4.72 Å². The number of aromatic nitrogens is 1. The Bertz CT molecular complexity index is 530. The molecule has 1 aromatic heterocycles. The number of aromatic carboxylic acids is 1. The maximum absolute atomic E-state index is 12.0. The highest BCUT2D eigenvalue weighted by Crippen LogP contribution is 2.19. The lowest BCUT2D eigenvalue weighted by molar-refractivity contribution is -0.000450. The summed E-state index contributed by atoms with van der Waals surface area (Å²) in [6, 6.07) is 0. The SMILES string of the molecule is O=C(O)c1ncsc1S(=O)(=O)NCC(O)C(F)F. The van der Waals surface area contributed by atoms with Crippen LogP contribution in [0.2, 0.25) is 0 Å². The molecule has 0 aliphatic carbocycles. The van der Waals surface area contributed by atoms with Crippen molar-refractivity contribution in [3.8, 4) is 0 Å². The quantitative estimate of drug-likeness (QED) is 0.667. The molecule has 7 nitrogen and oxygen atoms in total. The molecule has 1 unspecified atom stereocenters. The zero-order valence-corrected chi connectivity index (χ0v) is 10.2. The lowest BCUT2D eigenvalue weighted by Crippen LogP contribution is -2.36. The second kappa shape index (κ2) is 5.65. The number of rotatable bonds is 6. The minimum atomic E-state index is -4.29. The van der Waals surface area contributed by atoms with Gasteiger partial charge in [-0.15, -0.1) is 11.3 Å². The molecular formula is C7H8F2N2O5S2. The summed E-state index contributed by atoms with van der Waals surface area (Å²) in [5, 5.41) is 17.4. The van der Waals surface area contributed by atoms with Gasteiger partial charge in [0.25, 0.3) is 16.4 Å². The number of sulfonamides is 1. The van der Waals surface area contributed by atoms with Crippen molar-refractivity contribution in [2.45, 2.75) is 16.7 Å². The Morgan fingerprint density at radius 3 is 2.67 bits per heavy atom. The number of nitrogens with one attached hydrogen (secondary N) is 1. The van der Waals surface area contributed by atoms with Crippen LogP contribution in [0.25, 0.3) is 0 Å². The van der Waals surface area contributed by atoms with Crippen LogP contribution >= 0.6 is 11.3 Å². The second-order valence-corrected chi connectivity index (χ2v) is 5.86. The number of carboxylic acids is 1. The number of hydrogen-bond donors (Lipinski definition) is 3. The number of aliphatic hydroxyl groups excluding tert-OH is 1. The number of thiazole rings is 1. The van der Waals surface area contributed by atoms with E-state index in [1.165, 1.54) is 0 Å². The third-order valence-electron chi connectivity index (χ3n) is 1.75. The Balaban J connectivity index is 2.87. The van der Waals surface area contributed by atoms with E-state index in [1.807, 2.05) is 0 Å². The standard InChI is InChI=1S/C7H8F2N2O5S2/c8-5(9)3(12)1-11-18(15,16)7-4(6(13)14)10-2-17-7/h2-3,5,11-12H,1H2,(H,13,14). The number of carbonyl (C=O) groups is 1. The topological polar surface area (TPSA) is 117 Å². The van der Waals surface area contributed by atoms with Gasteiger partial charge in [0.2, 0.25) is 0 Å². The maximum atomic E-state index is 12.0. The average molecular weight is 302 g/mol. The van der Waals surface area contributed by atoms with E-state index in [2.05, 4.69) is 4.98 Å². The molecule has 0 saturated carbocycles. The van der Waals surface area contributed by atoms with Gasteiger partial charge >= 0.3 is 5.97 Å². The first-order valence-electron chi connectivity index (χ1n) is 4.38. The molecule has 0 aliphatic heterocycles. The van der Waals surface area contributed by atoms with Crippen LogP contribution in [-0.2, 0) is 10.0 Å². The fourth-order valence-corrected chi connectivity index (χ4v) is 3.15. The number of alkyl halides is 2. The molecule has 102 valence electrons. The number of carboxylic acid groups (broad SMARTS) is 1. The fraction of sp³-hybridized carbons (Fsp3) is 0.429. The van der Waals surface area contributed by atoms with Crippen molar-refractivity contribution in [2.24, 2.45) is 0 Å². The number of halogens is 2.